The lowest BCUT2D eigenvalue weighted by atomic mass is 9.93. The predicted octanol–water partition coefficient (Wildman–Crippen LogP) is 3.80. The minimum atomic E-state index is -0.411. The molecule has 0 radical (unpaired) electrons. The Hall–Kier alpha value is -1.67. The molecule has 0 aromatic heterocycles. The van der Waals surface area contributed by atoms with Gasteiger partial charge in [-0.3, -0.25) is 0 Å². The smallest absolute Gasteiger partial charge is 0.128 e. The molecule has 0 spiro atoms. The third-order valence-electron chi connectivity index (χ3n) is 3.23. The molecule has 2 aromatic rings. The summed E-state index contributed by atoms with van der Waals surface area (Å²) in [7, 11) is 0. The molecule has 0 aliphatic rings. The van der Waals surface area contributed by atoms with E-state index >= 15 is 0 Å². The van der Waals surface area contributed by atoms with Gasteiger partial charge in [-0.25, -0.2) is 4.39 Å². The van der Waals surface area contributed by atoms with Crippen LogP contribution in [0.4, 0.5) is 4.39 Å². The number of hydrogen-bond donors (Lipinski definition) is 1. The molecule has 0 bridgehead atoms. The van der Waals surface area contributed by atoms with Gasteiger partial charge in [0.1, 0.15) is 5.82 Å². The summed E-state index contributed by atoms with van der Waals surface area (Å²) in [5.41, 5.74) is 10.7. The van der Waals surface area contributed by atoms with Crippen LogP contribution in [0.2, 0.25) is 0 Å². The van der Waals surface area contributed by atoms with Gasteiger partial charge in [0.05, 0.1) is 6.04 Å². The summed E-state index contributed by atoms with van der Waals surface area (Å²) in [5.74, 6) is -0.222. The van der Waals surface area contributed by atoms with Gasteiger partial charge in [0, 0.05) is 5.56 Å². The molecule has 0 amide bonds. The normalized spacial score (nSPS) is 12.5. The Morgan fingerprint density at radius 3 is 2.11 bits per heavy atom. The zero-order valence-corrected chi connectivity index (χ0v) is 11.0. The van der Waals surface area contributed by atoms with E-state index in [9.17, 15) is 4.39 Å². The van der Waals surface area contributed by atoms with Crippen LogP contribution in [0.15, 0.2) is 36.4 Å². The van der Waals surface area contributed by atoms with Gasteiger partial charge in [0.15, 0.2) is 0 Å². The summed E-state index contributed by atoms with van der Waals surface area (Å²) in [6.45, 7) is 5.81. The monoisotopic (exact) mass is 243 g/mol. The van der Waals surface area contributed by atoms with Crippen molar-refractivity contribution in [3.05, 3.63) is 70.0 Å². The van der Waals surface area contributed by atoms with Gasteiger partial charge in [-0.2, -0.15) is 0 Å². The number of nitrogens with two attached hydrogens (primary N) is 1. The first-order chi connectivity index (χ1) is 8.49. The van der Waals surface area contributed by atoms with Crippen molar-refractivity contribution in [1.82, 2.24) is 0 Å². The summed E-state index contributed by atoms with van der Waals surface area (Å²) in [4.78, 5) is 0. The molecule has 2 aromatic carbocycles. The summed E-state index contributed by atoms with van der Waals surface area (Å²) in [6, 6.07) is 11.0. The highest BCUT2D eigenvalue weighted by Gasteiger charge is 2.16. The molecule has 0 fully saturated rings. The lowest BCUT2D eigenvalue weighted by Gasteiger charge is -2.17. The average molecular weight is 243 g/mol. The van der Waals surface area contributed by atoms with E-state index in [0.717, 1.165) is 16.7 Å². The molecule has 0 heterocycles. The van der Waals surface area contributed by atoms with Gasteiger partial charge < -0.3 is 5.73 Å². The van der Waals surface area contributed by atoms with Gasteiger partial charge in [0.2, 0.25) is 0 Å². The van der Waals surface area contributed by atoms with Gasteiger partial charge in [-0.1, -0.05) is 35.9 Å². The molecule has 1 atom stereocenters. The van der Waals surface area contributed by atoms with Crippen LogP contribution in [0.25, 0.3) is 0 Å². The molecule has 1 unspecified atom stereocenters. The maximum Gasteiger partial charge on any atom is 0.128 e. The van der Waals surface area contributed by atoms with E-state index in [-0.39, 0.29) is 5.82 Å². The van der Waals surface area contributed by atoms with Crippen molar-refractivity contribution in [2.24, 2.45) is 5.73 Å². The topological polar surface area (TPSA) is 26.0 Å². The highest BCUT2D eigenvalue weighted by molar-refractivity contribution is 5.40. The zero-order valence-electron chi connectivity index (χ0n) is 11.0. The number of benzene rings is 2. The second-order valence-electron chi connectivity index (χ2n) is 4.87. The minimum absolute atomic E-state index is 0.222. The molecular weight excluding hydrogens is 225 g/mol. The van der Waals surface area contributed by atoms with E-state index < -0.39 is 6.04 Å². The van der Waals surface area contributed by atoms with E-state index in [2.05, 4.69) is 0 Å². The van der Waals surface area contributed by atoms with Crippen LogP contribution < -0.4 is 5.73 Å². The summed E-state index contributed by atoms with van der Waals surface area (Å²) < 4.78 is 14.0. The van der Waals surface area contributed by atoms with Gasteiger partial charge >= 0.3 is 0 Å². The molecule has 0 aliphatic heterocycles. The van der Waals surface area contributed by atoms with Crippen LogP contribution >= 0.6 is 0 Å². The van der Waals surface area contributed by atoms with Crippen molar-refractivity contribution in [1.29, 1.82) is 0 Å². The van der Waals surface area contributed by atoms with Crippen molar-refractivity contribution in [2.75, 3.05) is 0 Å². The van der Waals surface area contributed by atoms with Crippen molar-refractivity contribution in [3.63, 3.8) is 0 Å². The van der Waals surface area contributed by atoms with Gasteiger partial charge in [-0.15, -0.1) is 0 Å². The molecule has 18 heavy (non-hydrogen) atoms. The molecule has 1 nitrogen and oxygen atoms in total. The molecule has 2 heteroatoms. The van der Waals surface area contributed by atoms with Crippen LogP contribution in [-0.2, 0) is 0 Å². The van der Waals surface area contributed by atoms with Crippen LogP contribution in [0.1, 0.15) is 33.9 Å². The first-order valence-electron chi connectivity index (χ1n) is 6.08. The first-order valence-corrected chi connectivity index (χ1v) is 6.08. The third-order valence-corrected chi connectivity index (χ3v) is 3.23. The Kier molecular flexibility index (Phi) is 3.48. The fourth-order valence-electron chi connectivity index (χ4n) is 2.26. The largest absolute Gasteiger partial charge is 0.320 e. The third kappa shape index (κ3) is 2.44. The van der Waals surface area contributed by atoms with E-state index in [1.807, 2.05) is 51.1 Å². The van der Waals surface area contributed by atoms with Crippen LogP contribution in [-0.4, -0.2) is 0 Å². The molecule has 2 N–H and O–H groups in total. The quantitative estimate of drug-likeness (QED) is 0.853. The van der Waals surface area contributed by atoms with E-state index in [1.165, 1.54) is 11.6 Å². The molecule has 94 valence electrons. The summed E-state index contributed by atoms with van der Waals surface area (Å²) in [6.07, 6.45) is 0. The number of hydrogen-bond acceptors (Lipinski definition) is 1. The van der Waals surface area contributed by atoms with Gasteiger partial charge in [-0.05, 0) is 43.5 Å². The highest BCUT2D eigenvalue weighted by Crippen LogP contribution is 2.26. The van der Waals surface area contributed by atoms with Crippen molar-refractivity contribution in [3.8, 4) is 0 Å². The molecule has 0 aliphatic carbocycles. The SMILES string of the molecule is Cc1ccc(C(N)c2c(C)cc(C)cc2F)cc1. The standard InChI is InChI=1S/C16H18FN/c1-10-4-6-13(7-5-10)16(18)15-12(3)8-11(2)9-14(15)17/h4-9,16H,18H2,1-3H3. The van der Waals surface area contributed by atoms with E-state index in [0.29, 0.717) is 5.56 Å². The lowest BCUT2D eigenvalue weighted by Crippen LogP contribution is -2.15. The Morgan fingerprint density at radius 1 is 0.944 bits per heavy atom. The predicted molar refractivity (Wildman–Crippen MR) is 73.1 cm³/mol. The Labute approximate surface area is 107 Å². The number of halogens is 1. The molecule has 0 saturated heterocycles. The fourth-order valence-corrected chi connectivity index (χ4v) is 2.26. The summed E-state index contributed by atoms with van der Waals surface area (Å²) >= 11 is 0. The van der Waals surface area contributed by atoms with Crippen molar-refractivity contribution >= 4 is 0 Å². The van der Waals surface area contributed by atoms with Crippen LogP contribution in [0.5, 0.6) is 0 Å². The van der Waals surface area contributed by atoms with Crippen LogP contribution in [0, 0.1) is 26.6 Å². The highest BCUT2D eigenvalue weighted by atomic mass is 19.1. The fraction of sp³-hybridized carbons (Fsp3) is 0.250. The van der Waals surface area contributed by atoms with Crippen molar-refractivity contribution < 1.29 is 4.39 Å². The first kappa shape index (κ1) is 12.8. The van der Waals surface area contributed by atoms with Crippen molar-refractivity contribution in [2.45, 2.75) is 26.8 Å². The Morgan fingerprint density at radius 2 is 1.56 bits per heavy atom. The Balaban J connectivity index is 2.46. The lowest BCUT2D eigenvalue weighted by molar-refractivity contribution is 0.596. The average Bonchev–Trinajstić information content (AvgIpc) is 2.28. The van der Waals surface area contributed by atoms with E-state index in [4.69, 9.17) is 5.73 Å². The minimum Gasteiger partial charge on any atom is -0.320 e. The summed E-state index contributed by atoms with van der Waals surface area (Å²) in [5, 5.41) is 0. The second kappa shape index (κ2) is 4.91. The Bertz CT molecular complexity index is 535. The number of rotatable bonds is 2. The molecule has 2 rings (SSSR count). The maximum atomic E-state index is 14.0. The second-order valence-corrected chi connectivity index (χ2v) is 4.87. The van der Waals surface area contributed by atoms with E-state index in [1.54, 1.807) is 0 Å². The zero-order chi connectivity index (χ0) is 13.3. The number of aryl methyl sites for hydroxylation is 3. The van der Waals surface area contributed by atoms with Gasteiger partial charge in [0.25, 0.3) is 0 Å². The molecular formula is C16H18FN. The maximum absolute atomic E-state index is 14.0. The molecule has 0 saturated carbocycles. The van der Waals surface area contributed by atoms with Crippen LogP contribution in [0.3, 0.4) is 0 Å².